The fourth-order valence-corrected chi connectivity index (χ4v) is 1.65. The summed E-state index contributed by atoms with van der Waals surface area (Å²) >= 11 is 0. The maximum atomic E-state index is 11.4. The maximum Gasteiger partial charge on any atom is 0.133 e. The van der Waals surface area contributed by atoms with Gasteiger partial charge in [-0.3, -0.25) is 4.79 Å². The smallest absolute Gasteiger partial charge is 0.133 e. The third kappa shape index (κ3) is 6.80. The van der Waals surface area contributed by atoms with E-state index in [1.54, 1.807) is 0 Å². The topological polar surface area (TPSA) is 17.1 Å². The van der Waals surface area contributed by atoms with E-state index in [1.807, 2.05) is 0 Å². The second-order valence-corrected chi connectivity index (χ2v) is 3.91. The highest BCUT2D eigenvalue weighted by molar-refractivity contribution is 5.78. The van der Waals surface area contributed by atoms with Gasteiger partial charge in [0.05, 0.1) is 0 Å². The van der Waals surface area contributed by atoms with E-state index in [1.165, 1.54) is 19.3 Å². The predicted molar refractivity (Wildman–Crippen MR) is 57.8 cm³/mol. The van der Waals surface area contributed by atoms with Crippen molar-refractivity contribution in [3.63, 3.8) is 0 Å². The van der Waals surface area contributed by atoms with Crippen LogP contribution < -0.4 is 0 Å². The van der Waals surface area contributed by atoms with Gasteiger partial charge in [0, 0.05) is 12.8 Å². The second kappa shape index (κ2) is 8.28. The van der Waals surface area contributed by atoms with E-state index < -0.39 is 0 Å². The molecule has 78 valence electrons. The van der Waals surface area contributed by atoms with Crippen LogP contribution in [0.25, 0.3) is 0 Å². The molecular weight excluding hydrogens is 160 g/mol. The Morgan fingerprint density at radius 1 is 1.15 bits per heavy atom. The number of hydrogen-bond acceptors (Lipinski definition) is 1. The molecule has 0 saturated heterocycles. The van der Waals surface area contributed by atoms with E-state index in [0.717, 1.165) is 25.7 Å². The van der Waals surface area contributed by atoms with Crippen LogP contribution in [-0.4, -0.2) is 5.78 Å². The Kier molecular flexibility index (Phi) is 8.07. The SMILES string of the molecule is CCCCC(CC)CC(=O)CCC. The molecule has 1 unspecified atom stereocenters. The minimum Gasteiger partial charge on any atom is -0.300 e. The molecule has 13 heavy (non-hydrogen) atoms. The van der Waals surface area contributed by atoms with Gasteiger partial charge in [0.1, 0.15) is 5.78 Å². The first-order valence-corrected chi connectivity index (χ1v) is 5.76. The summed E-state index contributed by atoms with van der Waals surface area (Å²) < 4.78 is 0. The van der Waals surface area contributed by atoms with Crippen molar-refractivity contribution >= 4 is 5.78 Å². The van der Waals surface area contributed by atoms with Gasteiger partial charge in [0.25, 0.3) is 0 Å². The molecule has 0 radical (unpaired) electrons. The molecule has 0 aliphatic heterocycles. The van der Waals surface area contributed by atoms with Crippen molar-refractivity contribution in [2.45, 2.75) is 65.7 Å². The van der Waals surface area contributed by atoms with Crippen LogP contribution in [-0.2, 0) is 4.79 Å². The summed E-state index contributed by atoms with van der Waals surface area (Å²) in [6.07, 6.45) is 7.53. The Morgan fingerprint density at radius 2 is 1.85 bits per heavy atom. The molecular formula is C12H24O. The average Bonchev–Trinajstić information content (AvgIpc) is 2.12. The molecule has 0 amide bonds. The summed E-state index contributed by atoms with van der Waals surface area (Å²) in [5.74, 6) is 1.12. The summed E-state index contributed by atoms with van der Waals surface area (Å²) in [5.41, 5.74) is 0. The van der Waals surface area contributed by atoms with Crippen molar-refractivity contribution in [1.82, 2.24) is 0 Å². The first-order valence-electron chi connectivity index (χ1n) is 5.76. The fourth-order valence-electron chi connectivity index (χ4n) is 1.65. The molecule has 0 aliphatic rings. The van der Waals surface area contributed by atoms with E-state index in [9.17, 15) is 4.79 Å². The number of Topliss-reactive ketones (excluding diaryl/α,β-unsaturated/α-hetero) is 1. The zero-order chi connectivity index (χ0) is 10.1. The summed E-state index contributed by atoms with van der Waals surface area (Å²) in [7, 11) is 0. The van der Waals surface area contributed by atoms with Crippen LogP contribution in [0.1, 0.15) is 65.7 Å². The second-order valence-electron chi connectivity index (χ2n) is 3.91. The van der Waals surface area contributed by atoms with Crippen LogP contribution in [0.5, 0.6) is 0 Å². The normalized spacial score (nSPS) is 12.8. The van der Waals surface area contributed by atoms with Crippen molar-refractivity contribution in [3.8, 4) is 0 Å². The summed E-state index contributed by atoms with van der Waals surface area (Å²) in [6.45, 7) is 6.48. The number of rotatable bonds is 8. The molecule has 0 rings (SSSR count). The number of carbonyl (C=O) groups is 1. The van der Waals surface area contributed by atoms with Gasteiger partial charge in [-0.25, -0.2) is 0 Å². The van der Waals surface area contributed by atoms with Gasteiger partial charge >= 0.3 is 0 Å². The minimum atomic E-state index is 0.463. The maximum absolute atomic E-state index is 11.4. The zero-order valence-corrected chi connectivity index (χ0v) is 9.44. The molecule has 0 bridgehead atoms. The van der Waals surface area contributed by atoms with Gasteiger partial charge in [0.2, 0.25) is 0 Å². The number of hydrogen-bond donors (Lipinski definition) is 0. The van der Waals surface area contributed by atoms with E-state index in [-0.39, 0.29) is 0 Å². The van der Waals surface area contributed by atoms with E-state index in [0.29, 0.717) is 11.7 Å². The number of ketones is 1. The van der Waals surface area contributed by atoms with Crippen LogP contribution in [0.15, 0.2) is 0 Å². The lowest BCUT2D eigenvalue weighted by Gasteiger charge is -2.12. The molecule has 0 saturated carbocycles. The van der Waals surface area contributed by atoms with Gasteiger partial charge in [-0.05, 0) is 12.3 Å². The lowest BCUT2D eigenvalue weighted by Crippen LogP contribution is -2.07. The molecule has 0 aromatic rings. The predicted octanol–water partition coefficient (Wildman–Crippen LogP) is 3.96. The first-order chi connectivity index (χ1) is 6.24. The van der Waals surface area contributed by atoms with Gasteiger partial charge in [0.15, 0.2) is 0 Å². The van der Waals surface area contributed by atoms with Crippen LogP contribution >= 0.6 is 0 Å². The van der Waals surface area contributed by atoms with Gasteiger partial charge in [-0.1, -0.05) is 46.5 Å². The quantitative estimate of drug-likeness (QED) is 0.558. The third-order valence-electron chi connectivity index (χ3n) is 2.59. The number of unbranched alkanes of at least 4 members (excludes halogenated alkanes) is 1. The molecule has 0 aromatic carbocycles. The lowest BCUT2D eigenvalue weighted by atomic mass is 9.93. The largest absolute Gasteiger partial charge is 0.300 e. The zero-order valence-electron chi connectivity index (χ0n) is 9.44. The van der Waals surface area contributed by atoms with Gasteiger partial charge in [-0.2, -0.15) is 0 Å². The standard InChI is InChI=1S/C12H24O/c1-4-7-9-11(6-3)10-12(13)8-5-2/h11H,4-10H2,1-3H3. The number of carbonyl (C=O) groups excluding carboxylic acids is 1. The third-order valence-corrected chi connectivity index (χ3v) is 2.59. The molecule has 0 N–H and O–H groups in total. The van der Waals surface area contributed by atoms with Gasteiger partial charge in [-0.15, -0.1) is 0 Å². The lowest BCUT2D eigenvalue weighted by molar-refractivity contribution is -0.120. The Morgan fingerprint density at radius 3 is 2.31 bits per heavy atom. The minimum absolute atomic E-state index is 0.463. The van der Waals surface area contributed by atoms with E-state index in [2.05, 4.69) is 20.8 Å². The molecule has 0 spiro atoms. The molecule has 1 nitrogen and oxygen atoms in total. The van der Waals surface area contributed by atoms with Crippen molar-refractivity contribution in [2.24, 2.45) is 5.92 Å². The monoisotopic (exact) mass is 184 g/mol. The van der Waals surface area contributed by atoms with Crippen molar-refractivity contribution < 1.29 is 4.79 Å². The van der Waals surface area contributed by atoms with Crippen molar-refractivity contribution in [2.75, 3.05) is 0 Å². The Balaban J connectivity index is 3.62. The van der Waals surface area contributed by atoms with Crippen LogP contribution in [0.2, 0.25) is 0 Å². The Labute approximate surface area is 82.9 Å². The molecule has 0 aromatic heterocycles. The highest BCUT2D eigenvalue weighted by Gasteiger charge is 2.10. The first kappa shape index (κ1) is 12.7. The van der Waals surface area contributed by atoms with E-state index >= 15 is 0 Å². The summed E-state index contributed by atoms with van der Waals surface area (Å²) in [5, 5.41) is 0. The van der Waals surface area contributed by atoms with Crippen molar-refractivity contribution in [3.05, 3.63) is 0 Å². The molecule has 0 heterocycles. The van der Waals surface area contributed by atoms with Crippen LogP contribution in [0.4, 0.5) is 0 Å². The van der Waals surface area contributed by atoms with Crippen LogP contribution in [0.3, 0.4) is 0 Å². The molecule has 1 atom stereocenters. The Hall–Kier alpha value is -0.330. The highest BCUT2D eigenvalue weighted by Crippen LogP contribution is 2.17. The van der Waals surface area contributed by atoms with Crippen LogP contribution in [0, 0.1) is 5.92 Å². The highest BCUT2D eigenvalue weighted by atomic mass is 16.1. The molecule has 0 fully saturated rings. The van der Waals surface area contributed by atoms with Gasteiger partial charge < -0.3 is 0 Å². The van der Waals surface area contributed by atoms with E-state index in [4.69, 9.17) is 0 Å². The molecule has 1 heteroatoms. The summed E-state index contributed by atoms with van der Waals surface area (Å²) in [6, 6.07) is 0. The average molecular weight is 184 g/mol. The Bertz CT molecular complexity index is 129. The fraction of sp³-hybridized carbons (Fsp3) is 0.917. The summed E-state index contributed by atoms with van der Waals surface area (Å²) in [4.78, 5) is 11.4. The molecule has 0 aliphatic carbocycles. The van der Waals surface area contributed by atoms with Crippen molar-refractivity contribution in [1.29, 1.82) is 0 Å².